The number of fused-ring (bicyclic) bond motifs is 1. The molecule has 1 aliphatic rings. The van der Waals surface area contributed by atoms with Crippen LogP contribution in [0.25, 0.3) is 22.0 Å². The summed E-state index contributed by atoms with van der Waals surface area (Å²) in [5.41, 5.74) is 3.22. The molecule has 4 aromatic rings. The number of hydrogen-bond donors (Lipinski definition) is 2. The van der Waals surface area contributed by atoms with Crippen LogP contribution in [-0.4, -0.2) is 41.1 Å². The van der Waals surface area contributed by atoms with Gasteiger partial charge in [0.05, 0.1) is 11.2 Å². The Morgan fingerprint density at radius 1 is 0.900 bits per heavy atom. The van der Waals surface area contributed by atoms with Crippen LogP contribution in [0.4, 0.5) is 21.7 Å². The summed E-state index contributed by atoms with van der Waals surface area (Å²) < 4.78 is 14.0. The van der Waals surface area contributed by atoms with Gasteiger partial charge in [-0.15, -0.1) is 0 Å². The van der Waals surface area contributed by atoms with Crippen molar-refractivity contribution in [3.63, 3.8) is 0 Å². The van der Waals surface area contributed by atoms with Crippen molar-refractivity contribution in [1.82, 2.24) is 20.3 Å². The number of hydrogen-bond acceptors (Lipinski definition) is 6. The third kappa shape index (κ3) is 3.67. The molecule has 30 heavy (non-hydrogen) atoms. The van der Waals surface area contributed by atoms with Crippen LogP contribution in [0.5, 0.6) is 0 Å². The van der Waals surface area contributed by atoms with Crippen molar-refractivity contribution in [2.45, 2.75) is 0 Å². The number of nitrogens with zero attached hydrogens (tertiary/aromatic N) is 4. The molecule has 1 fully saturated rings. The molecule has 2 aromatic heterocycles. The maximum absolute atomic E-state index is 14.0. The molecule has 6 nitrogen and oxygen atoms in total. The van der Waals surface area contributed by atoms with Gasteiger partial charge in [-0.1, -0.05) is 18.2 Å². The lowest BCUT2D eigenvalue weighted by Gasteiger charge is -2.28. The van der Waals surface area contributed by atoms with E-state index < -0.39 is 0 Å². The second-order valence-electron chi connectivity index (χ2n) is 7.20. The van der Waals surface area contributed by atoms with Crippen LogP contribution in [0.2, 0.25) is 0 Å². The minimum Gasteiger partial charge on any atom is -0.354 e. The second kappa shape index (κ2) is 8.04. The number of rotatable bonds is 4. The molecule has 0 spiro atoms. The Bertz CT molecular complexity index is 1170. The minimum absolute atomic E-state index is 0.323. The molecule has 1 aliphatic heterocycles. The molecule has 2 N–H and O–H groups in total. The van der Waals surface area contributed by atoms with Crippen LogP contribution < -0.4 is 15.5 Å². The third-order valence-electron chi connectivity index (χ3n) is 5.29. The van der Waals surface area contributed by atoms with E-state index in [-0.39, 0.29) is 5.82 Å². The van der Waals surface area contributed by atoms with Gasteiger partial charge in [-0.3, -0.25) is 0 Å². The molecule has 0 aliphatic carbocycles. The number of aromatic nitrogens is 3. The number of nitrogens with one attached hydrogen (secondary N) is 2. The number of piperazine rings is 1. The van der Waals surface area contributed by atoms with Gasteiger partial charge in [0.1, 0.15) is 23.8 Å². The number of pyridine rings is 1. The van der Waals surface area contributed by atoms with E-state index in [9.17, 15) is 4.39 Å². The SMILES string of the molecule is Fc1ccccc1Nc1ncnc2cc(-c3ccc(N4CCNCC4)nc3)ccc12. The van der Waals surface area contributed by atoms with E-state index in [2.05, 4.69) is 42.6 Å². The third-order valence-corrected chi connectivity index (χ3v) is 5.29. The van der Waals surface area contributed by atoms with Crippen molar-refractivity contribution in [3.8, 4) is 11.1 Å². The highest BCUT2D eigenvalue weighted by molar-refractivity contribution is 5.93. The summed E-state index contributed by atoms with van der Waals surface area (Å²) in [5.74, 6) is 1.25. The molecule has 0 bridgehead atoms. The van der Waals surface area contributed by atoms with Crippen molar-refractivity contribution < 1.29 is 4.39 Å². The van der Waals surface area contributed by atoms with Gasteiger partial charge in [0, 0.05) is 43.3 Å². The fourth-order valence-electron chi connectivity index (χ4n) is 3.66. The Hall–Kier alpha value is -3.58. The topological polar surface area (TPSA) is 66.0 Å². The smallest absolute Gasteiger partial charge is 0.146 e. The maximum Gasteiger partial charge on any atom is 0.146 e. The van der Waals surface area contributed by atoms with E-state index >= 15 is 0 Å². The summed E-state index contributed by atoms with van der Waals surface area (Å²) >= 11 is 0. The molecule has 1 saturated heterocycles. The van der Waals surface area contributed by atoms with Crippen molar-refractivity contribution in [1.29, 1.82) is 0 Å². The zero-order valence-corrected chi connectivity index (χ0v) is 16.3. The number of halogens is 1. The fraction of sp³-hybridized carbons (Fsp3) is 0.174. The predicted octanol–water partition coefficient (Wildman–Crippen LogP) is 3.98. The molecule has 150 valence electrons. The first-order valence-electron chi connectivity index (χ1n) is 9.96. The molecule has 0 unspecified atom stereocenters. The van der Waals surface area contributed by atoms with E-state index in [4.69, 9.17) is 0 Å². The van der Waals surface area contributed by atoms with Crippen LogP contribution in [0.15, 0.2) is 67.1 Å². The number of benzene rings is 2. The van der Waals surface area contributed by atoms with E-state index in [1.165, 1.54) is 12.4 Å². The Labute approximate surface area is 173 Å². The van der Waals surface area contributed by atoms with Crippen molar-refractivity contribution in [2.75, 3.05) is 36.4 Å². The normalized spacial score (nSPS) is 14.1. The highest BCUT2D eigenvalue weighted by Gasteiger charge is 2.12. The second-order valence-corrected chi connectivity index (χ2v) is 7.20. The highest BCUT2D eigenvalue weighted by atomic mass is 19.1. The monoisotopic (exact) mass is 400 g/mol. The first-order valence-corrected chi connectivity index (χ1v) is 9.96. The van der Waals surface area contributed by atoms with Crippen LogP contribution in [0, 0.1) is 5.82 Å². The molecule has 5 rings (SSSR count). The molecular formula is C23H21FN6. The van der Waals surface area contributed by atoms with Gasteiger partial charge in [0.2, 0.25) is 0 Å². The average molecular weight is 400 g/mol. The van der Waals surface area contributed by atoms with Gasteiger partial charge in [-0.2, -0.15) is 0 Å². The lowest BCUT2D eigenvalue weighted by molar-refractivity contribution is 0.585. The lowest BCUT2D eigenvalue weighted by atomic mass is 10.1. The van der Waals surface area contributed by atoms with Gasteiger partial charge in [-0.05, 0) is 42.0 Å². The van der Waals surface area contributed by atoms with Crippen molar-refractivity contribution in [2.24, 2.45) is 0 Å². The molecule has 0 saturated carbocycles. The summed E-state index contributed by atoms with van der Waals surface area (Å²) in [6.07, 6.45) is 3.39. The van der Waals surface area contributed by atoms with Gasteiger partial charge in [0.25, 0.3) is 0 Å². The molecule has 2 aromatic carbocycles. The summed E-state index contributed by atoms with van der Waals surface area (Å²) in [5, 5.41) is 7.25. The van der Waals surface area contributed by atoms with E-state index in [0.29, 0.717) is 11.5 Å². The first kappa shape index (κ1) is 18.4. The maximum atomic E-state index is 14.0. The largest absolute Gasteiger partial charge is 0.354 e. The molecule has 7 heteroatoms. The van der Waals surface area contributed by atoms with Gasteiger partial charge in [0.15, 0.2) is 0 Å². The number of para-hydroxylation sites is 1. The van der Waals surface area contributed by atoms with Crippen LogP contribution in [-0.2, 0) is 0 Å². The molecule has 3 heterocycles. The van der Waals surface area contributed by atoms with Crippen LogP contribution >= 0.6 is 0 Å². The summed E-state index contributed by atoms with van der Waals surface area (Å²) in [6, 6.07) is 16.7. The van der Waals surface area contributed by atoms with Crippen molar-refractivity contribution in [3.05, 3.63) is 72.9 Å². The summed E-state index contributed by atoms with van der Waals surface area (Å²) in [4.78, 5) is 15.6. The summed E-state index contributed by atoms with van der Waals surface area (Å²) in [6.45, 7) is 3.90. The zero-order valence-electron chi connectivity index (χ0n) is 16.3. The highest BCUT2D eigenvalue weighted by Crippen LogP contribution is 2.29. The standard InChI is InChI=1S/C23H21FN6/c24-19-3-1-2-4-20(19)29-23-18-7-5-16(13-21(18)27-15-28-23)17-6-8-22(26-14-17)30-11-9-25-10-12-30/h1-8,13-15,25H,9-12H2,(H,27,28,29). The lowest BCUT2D eigenvalue weighted by Crippen LogP contribution is -2.43. The quantitative estimate of drug-likeness (QED) is 0.540. The zero-order chi connectivity index (χ0) is 20.3. The van der Waals surface area contributed by atoms with E-state index in [0.717, 1.165) is 54.0 Å². The fourth-order valence-corrected chi connectivity index (χ4v) is 3.66. The molecule has 0 radical (unpaired) electrons. The van der Waals surface area contributed by atoms with Gasteiger partial charge in [-0.25, -0.2) is 19.3 Å². The molecule has 0 amide bonds. The Morgan fingerprint density at radius 2 is 1.73 bits per heavy atom. The van der Waals surface area contributed by atoms with E-state index in [1.807, 2.05) is 24.4 Å². The molecule has 0 atom stereocenters. The predicted molar refractivity (Wildman–Crippen MR) is 118 cm³/mol. The van der Waals surface area contributed by atoms with Gasteiger partial charge < -0.3 is 15.5 Å². The molecular weight excluding hydrogens is 379 g/mol. The first-order chi connectivity index (χ1) is 14.8. The Kier molecular flexibility index (Phi) is 4.94. The van der Waals surface area contributed by atoms with Crippen LogP contribution in [0.1, 0.15) is 0 Å². The minimum atomic E-state index is -0.323. The van der Waals surface area contributed by atoms with Crippen LogP contribution in [0.3, 0.4) is 0 Å². The Balaban J connectivity index is 1.43. The van der Waals surface area contributed by atoms with Crippen molar-refractivity contribution >= 4 is 28.2 Å². The Morgan fingerprint density at radius 3 is 2.53 bits per heavy atom. The average Bonchev–Trinajstić information content (AvgIpc) is 2.81. The van der Waals surface area contributed by atoms with E-state index in [1.54, 1.807) is 18.2 Å². The summed E-state index contributed by atoms with van der Waals surface area (Å²) in [7, 11) is 0. The van der Waals surface area contributed by atoms with Gasteiger partial charge >= 0.3 is 0 Å². The number of anilines is 3.